The average Bonchev–Trinajstić information content (AvgIpc) is 2.66. The first-order chi connectivity index (χ1) is 9.49. The van der Waals surface area contributed by atoms with Crippen LogP contribution in [0, 0.1) is 11.8 Å². The molecule has 20 heavy (non-hydrogen) atoms. The molecular weight excluding hydrogens is 338 g/mol. The van der Waals surface area contributed by atoms with Crippen LogP contribution in [0.25, 0.3) is 0 Å². The summed E-state index contributed by atoms with van der Waals surface area (Å²) in [5, 5.41) is 0.530. The van der Waals surface area contributed by atoms with Crippen LogP contribution in [-0.2, 0) is 0 Å². The van der Waals surface area contributed by atoms with Crippen LogP contribution < -0.4 is 0 Å². The maximum Gasteiger partial charge on any atom is 0.255 e. The third kappa shape index (κ3) is 3.76. The summed E-state index contributed by atoms with van der Waals surface area (Å²) in [5.41, 5.74) is 0.601. The highest BCUT2D eigenvalue weighted by Crippen LogP contribution is 2.27. The summed E-state index contributed by atoms with van der Waals surface area (Å²) >= 11 is 9.57. The minimum atomic E-state index is 0.0562. The smallest absolute Gasteiger partial charge is 0.255 e. The quantitative estimate of drug-likeness (QED) is 0.728. The van der Waals surface area contributed by atoms with Crippen molar-refractivity contribution in [3.05, 3.63) is 33.3 Å². The summed E-state index contributed by atoms with van der Waals surface area (Å²) in [7, 11) is 0. The molecule has 1 aromatic carbocycles. The highest BCUT2D eigenvalue weighted by atomic mass is 79.9. The van der Waals surface area contributed by atoms with E-state index in [4.69, 9.17) is 11.6 Å². The Kier molecular flexibility index (Phi) is 5.50. The van der Waals surface area contributed by atoms with Gasteiger partial charge in [-0.25, -0.2) is 0 Å². The van der Waals surface area contributed by atoms with Gasteiger partial charge in [0.1, 0.15) is 0 Å². The predicted octanol–water partition coefficient (Wildman–Crippen LogP) is 5.00. The molecule has 1 fully saturated rings. The molecule has 2 nitrogen and oxygen atoms in total. The lowest BCUT2D eigenvalue weighted by molar-refractivity contribution is 0.0759. The van der Waals surface area contributed by atoms with Crippen molar-refractivity contribution in [2.24, 2.45) is 11.8 Å². The minimum Gasteiger partial charge on any atom is -0.339 e. The lowest BCUT2D eigenvalue weighted by atomic mass is 9.89. The van der Waals surface area contributed by atoms with E-state index in [1.807, 2.05) is 17.0 Å². The van der Waals surface area contributed by atoms with Crippen LogP contribution in [0.5, 0.6) is 0 Å². The Morgan fingerprint density at radius 1 is 1.35 bits per heavy atom. The summed E-state index contributed by atoms with van der Waals surface area (Å²) in [6.07, 6.45) is 3.39. The third-order valence-electron chi connectivity index (χ3n) is 4.16. The van der Waals surface area contributed by atoms with Gasteiger partial charge in [-0.1, -0.05) is 41.4 Å². The summed E-state index contributed by atoms with van der Waals surface area (Å²) in [6, 6.07) is 5.44. The molecule has 0 aromatic heterocycles. The van der Waals surface area contributed by atoms with Crippen molar-refractivity contribution in [3.8, 4) is 0 Å². The molecule has 2 rings (SSSR count). The molecule has 1 aliphatic rings. The van der Waals surface area contributed by atoms with Crippen LogP contribution in [0.4, 0.5) is 0 Å². The molecule has 1 amide bonds. The Morgan fingerprint density at radius 2 is 2.10 bits per heavy atom. The second kappa shape index (κ2) is 6.95. The van der Waals surface area contributed by atoms with E-state index in [2.05, 4.69) is 29.8 Å². The molecule has 0 saturated carbocycles. The number of likely N-dealkylation sites (tertiary alicyclic amines) is 1. The van der Waals surface area contributed by atoms with E-state index in [1.165, 1.54) is 6.42 Å². The molecule has 1 heterocycles. The molecule has 0 N–H and O–H groups in total. The second-order valence-corrected chi connectivity index (χ2v) is 7.17. The van der Waals surface area contributed by atoms with Gasteiger partial charge >= 0.3 is 0 Å². The fourth-order valence-electron chi connectivity index (χ4n) is 2.82. The first-order valence-electron chi connectivity index (χ1n) is 7.23. The van der Waals surface area contributed by atoms with E-state index in [-0.39, 0.29) is 5.91 Å². The van der Waals surface area contributed by atoms with Gasteiger partial charge in [0.05, 0.1) is 10.6 Å². The molecule has 4 heteroatoms. The minimum absolute atomic E-state index is 0.0562. The number of hydrogen-bond donors (Lipinski definition) is 0. The number of carbonyl (C=O) groups is 1. The van der Waals surface area contributed by atoms with Gasteiger partial charge in [-0.05, 0) is 49.3 Å². The Bertz CT molecular complexity index is 489. The maximum atomic E-state index is 12.6. The molecular formula is C16H21BrClNO. The van der Waals surface area contributed by atoms with Crippen molar-refractivity contribution in [2.75, 3.05) is 13.1 Å². The molecule has 1 atom stereocenters. The number of halogens is 2. The first kappa shape index (κ1) is 15.8. The van der Waals surface area contributed by atoms with Crippen LogP contribution in [-0.4, -0.2) is 23.9 Å². The van der Waals surface area contributed by atoms with Crippen molar-refractivity contribution < 1.29 is 4.79 Å². The standard InChI is InChI=1S/C16H21BrClNO/c1-11(2)12-4-3-8-19(9-7-12)16(20)14-10-13(17)5-6-15(14)18/h5-6,10-12H,3-4,7-9H2,1-2H3. The first-order valence-corrected chi connectivity index (χ1v) is 8.40. The van der Waals surface area contributed by atoms with E-state index in [9.17, 15) is 4.79 Å². The molecule has 1 aromatic rings. The van der Waals surface area contributed by atoms with Gasteiger partial charge in [0.2, 0.25) is 0 Å². The second-order valence-electron chi connectivity index (χ2n) is 5.85. The third-order valence-corrected chi connectivity index (χ3v) is 4.98. The average molecular weight is 359 g/mol. The Balaban J connectivity index is 2.11. The van der Waals surface area contributed by atoms with E-state index in [0.29, 0.717) is 16.5 Å². The summed E-state index contributed by atoms with van der Waals surface area (Å²) in [5.74, 6) is 1.48. The zero-order valence-electron chi connectivity index (χ0n) is 12.0. The van der Waals surface area contributed by atoms with Gasteiger partial charge in [-0.3, -0.25) is 4.79 Å². The van der Waals surface area contributed by atoms with Gasteiger partial charge in [0, 0.05) is 17.6 Å². The molecule has 1 saturated heterocycles. The number of carbonyl (C=O) groups excluding carboxylic acids is 1. The van der Waals surface area contributed by atoms with Crippen LogP contribution in [0.3, 0.4) is 0 Å². The number of rotatable bonds is 2. The summed E-state index contributed by atoms with van der Waals surface area (Å²) in [6.45, 7) is 6.22. The van der Waals surface area contributed by atoms with Crippen molar-refractivity contribution in [3.63, 3.8) is 0 Å². The zero-order valence-corrected chi connectivity index (χ0v) is 14.4. The molecule has 1 unspecified atom stereocenters. The highest BCUT2D eigenvalue weighted by Gasteiger charge is 2.24. The number of benzene rings is 1. The SMILES string of the molecule is CC(C)C1CCCN(C(=O)c2cc(Br)ccc2Cl)CC1. The maximum absolute atomic E-state index is 12.6. The van der Waals surface area contributed by atoms with E-state index >= 15 is 0 Å². The molecule has 0 spiro atoms. The normalized spacial score (nSPS) is 20.1. The monoisotopic (exact) mass is 357 g/mol. The number of hydrogen-bond acceptors (Lipinski definition) is 1. The van der Waals surface area contributed by atoms with E-state index < -0.39 is 0 Å². The molecule has 0 aliphatic carbocycles. The van der Waals surface area contributed by atoms with Crippen LogP contribution in [0.1, 0.15) is 43.5 Å². The van der Waals surface area contributed by atoms with Crippen molar-refractivity contribution >= 4 is 33.4 Å². The van der Waals surface area contributed by atoms with Gasteiger partial charge in [0.25, 0.3) is 5.91 Å². The van der Waals surface area contributed by atoms with Crippen LogP contribution in [0.2, 0.25) is 5.02 Å². The summed E-state index contributed by atoms with van der Waals surface area (Å²) < 4.78 is 0.889. The summed E-state index contributed by atoms with van der Waals surface area (Å²) in [4.78, 5) is 14.6. The zero-order chi connectivity index (χ0) is 14.7. The van der Waals surface area contributed by atoms with E-state index in [1.54, 1.807) is 6.07 Å². The largest absolute Gasteiger partial charge is 0.339 e. The van der Waals surface area contributed by atoms with Gasteiger partial charge in [0.15, 0.2) is 0 Å². The molecule has 1 aliphatic heterocycles. The van der Waals surface area contributed by atoms with Gasteiger partial charge in [-0.15, -0.1) is 0 Å². The van der Waals surface area contributed by atoms with Crippen LogP contribution in [0.15, 0.2) is 22.7 Å². The Hall–Kier alpha value is -0.540. The fourth-order valence-corrected chi connectivity index (χ4v) is 3.38. The Labute approximate surface area is 134 Å². The van der Waals surface area contributed by atoms with Crippen LogP contribution >= 0.6 is 27.5 Å². The molecule has 0 bridgehead atoms. The predicted molar refractivity (Wildman–Crippen MR) is 87.2 cm³/mol. The molecule has 0 radical (unpaired) electrons. The van der Waals surface area contributed by atoms with E-state index in [0.717, 1.165) is 36.3 Å². The van der Waals surface area contributed by atoms with Crippen molar-refractivity contribution in [1.82, 2.24) is 4.90 Å². The topological polar surface area (TPSA) is 20.3 Å². The lowest BCUT2D eigenvalue weighted by Gasteiger charge is -2.22. The number of nitrogens with zero attached hydrogens (tertiary/aromatic N) is 1. The lowest BCUT2D eigenvalue weighted by Crippen LogP contribution is -2.32. The number of amides is 1. The van der Waals surface area contributed by atoms with Gasteiger partial charge in [-0.2, -0.15) is 0 Å². The highest BCUT2D eigenvalue weighted by molar-refractivity contribution is 9.10. The fraction of sp³-hybridized carbons (Fsp3) is 0.562. The molecule has 110 valence electrons. The van der Waals surface area contributed by atoms with Gasteiger partial charge < -0.3 is 4.90 Å². The Morgan fingerprint density at radius 3 is 2.80 bits per heavy atom. The van der Waals surface area contributed by atoms with Crippen molar-refractivity contribution in [2.45, 2.75) is 33.1 Å². The van der Waals surface area contributed by atoms with Crippen molar-refractivity contribution in [1.29, 1.82) is 0 Å².